The number of hydrogen-bond donors (Lipinski definition) is 1. The second-order valence-corrected chi connectivity index (χ2v) is 3.49. The number of carbonyl (C=O) groups excluding carboxylic acids is 1. The van der Waals surface area contributed by atoms with Crippen molar-refractivity contribution >= 4 is 18.5 Å². The highest BCUT2D eigenvalue weighted by molar-refractivity contribution is 7.81. The predicted octanol–water partition coefficient (Wildman–Crippen LogP) is 1.17. The first-order chi connectivity index (χ1) is 4.46. The fraction of sp³-hybridized carbons (Fsp3) is 0.857. The molecule has 0 aliphatic rings. The summed E-state index contributed by atoms with van der Waals surface area (Å²) in [5.41, 5.74) is 0. The quantitative estimate of drug-likeness (QED) is 0.603. The Hall–Kier alpha value is -0.180. The average molecular weight is 161 g/mol. The number of amides is 1. The molecule has 0 aromatic rings. The van der Waals surface area contributed by atoms with E-state index in [0.29, 0.717) is 0 Å². The van der Waals surface area contributed by atoms with Crippen LogP contribution in [0.3, 0.4) is 0 Å². The lowest BCUT2D eigenvalue weighted by Crippen LogP contribution is -2.37. The summed E-state index contributed by atoms with van der Waals surface area (Å²) >= 11 is 4.04. The zero-order chi connectivity index (χ0) is 8.31. The minimum atomic E-state index is -0.188. The van der Waals surface area contributed by atoms with Crippen molar-refractivity contribution in [2.24, 2.45) is 0 Å². The van der Waals surface area contributed by atoms with Gasteiger partial charge in [-0.25, -0.2) is 0 Å². The third-order valence-corrected chi connectivity index (χ3v) is 1.70. The van der Waals surface area contributed by atoms with E-state index in [4.69, 9.17) is 0 Å². The first-order valence-corrected chi connectivity index (χ1v) is 3.93. The maximum atomic E-state index is 11.1. The summed E-state index contributed by atoms with van der Waals surface area (Å²) in [4.78, 5) is 12.8. The number of hydrogen-bond acceptors (Lipinski definition) is 2. The van der Waals surface area contributed by atoms with E-state index < -0.39 is 0 Å². The summed E-state index contributed by atoms with van der Waals surface area (Å²) in [6.45, 7) is 5.74. The van der Waals surface area contributed by atoms with E-state index in [0.717, 1.165) is 0 Å². The Morgan fingerprint density at radius 3 is 1.90 bits per heavy atom. The summed E-state index contributed by atoms with van der Waals surface area (Å²) in [6, 6.07) is 0.266. The lowest BCUT2D eigenvalue weighted by atomic mass is 10.3. The van der Waals surface area contributed by atoms with Gasteiger partial charge in [0.25, 0.3) is 0 Å². The normalized spacial score (nSPS) is 13.4. The molecule has 0 aliphatic heterocycles. The molecule has 0 spiro atoms. The molecular formula is C7H15NOS. The third kappa shape index (κ3) is 2.60. The van der Waals surface area contributed by atoms with Gasteiger partial charge in [0.1, 0.15) is 0 Å². The summed E-state index contributed by atoms with van der Waals surface area (Å²) < 4.78 is 0. The monoisotopic (exact) mass is 161 g/mol. The van der Waals surface area contributed by atoms with Crippen LogP contribution in [-0.2, 0) is 4.79 Å². The van der Waals surface area contributed by atoms with E-state index in [9.17, 15) is 4.79 Å². The van der Waals surface area contributed by atoms with Crippen molar-refractivity contribution < 1.29 is 4.79 Å². The van der Waals surface area contributed by atoms with Crippen LogP contribution >= 0.6 is 12.6 Å². The van der Waals surface area contributed by atoms with Crippen molar-refractivity contribution in [2.45, 2.75) is 32.1 Å². The molecule has 2 nitrogen and oxygen atoms in total. The highest BCUT2D eigenvalue weighted by atomic mass is 32.1. The summed E-state index contributed by atoms with van der Waals surface area (Å²) in [7, 11) is 1.79. The minimum absolute atomic E-state index is 0.0818. The number of rotatable bonds is 2. The van der Waals surface area contributed by atoms with Gasteiger partial charge in [0.05, 0.1) is 5.25 Å². The molecule has 0 aromatic carbocycles. The first kappa shape index (κ1) is 9.82. The number of thiol groups is 1. The smallest absolute Gasteiger partial charge is 0.235 e. The van der Waals surface area contributed by atoms with E-state index in [1.54, 1.807) is 18.9 Å². The van der Waals surface area contributed by atoms with Crippen LogP contribution in [0.2, 0.25) is 0 Å². The lowest BCUT2D eigenvalue weighted by Gasteiger charge is -2.22. The highest BCUT2D eigenvalue weighted by Crippen LogP contribution is 2.02. The zero-order valence-electron chi connectivity index (χ0n) is 6.96. The van der Waals surface area contributed by atoms with Gasteiger partial charge in [-0.1, -0.05) is 0 Å². The van der Waals surface area contributed by atoms with Gasteiger partial charge < -0.3 is 4.90 Å². The largest absolute Gasteiger partial charge is 0.342 e. The van der Waals surface area contributed by atoms with Crippen LogP contribution in [-0.4, -0.2) is 29.1 Å². The second kappa shape index (κ2) is 3.86. The van der Waals surface area contributed by atoms with Crippen LogP contribution in [0.4, 0.5) is 0 Å². The molecule has 3 heteroatoms. The van der Waals surface area contributed by atoms with Crippen LogP contribution in [0.15, 0.2) is 0 Å². The molecule has 0 bridgehead atoms. The van der Waals surface area contributed by atoms with Crippen molar-refractivity contribution in [3.63, 3.8) is 0 Å². The molecule has 1 atom stereocenters. The van der Waals surface area contributed by atoms with Crippen LogP contribution in [0, 0.1) is 0 Å². The Kier molecular flexibility index (Phi) is 3.79. The molecule has 60 valence electrons. The molecule has 0 saturated carbocycles. The summed E-state index contributed by atoms with van der Waals surface area (Å²) in [5, 5.41) is -0.188. The third-order valence-electron chi connectivity index (χ3n) is 1.48. The Bertz CT molecular complexity index is 123. The maximum absolute atomic E-state index is 11.1. The van der Waals surface area contributed by atoms with Crippen LogP contribution in [0.1, 0.15) is 20.8 Å². The fourth-order valence-corrected chi connectivity index (χ4v) is 0.731. The molecular weight excluding hydrogens is 146 g/mol. The first-order valence-electron chi connectivity index (χ1n) is 3.41. The van der Waals surface area contributed by atoms with Crippen molar-refractivity contribution in [3.8, 4) is 0 Å². The molecule has 0 aromatic heterocycles. The molecule has 0 saturated heterocycles. The number of nitrogens with zero attached hydrogens (tertiary/aromatic N) is 1. The van der Waals surface area contributed by atoms with E-state index in [1.807, 2.05) is 13.8 Å². The van der Waals surface area contributed by atoms with Crippen LogP contribution in [0.25, 0.3) is 0 Å². The van der Waals surface area contributed by atoms with Crippen molar-refractivity contribution in [1.82, 2.24) is 4.90 Å². The lowest BCUT2D eigenvalue weighted by molar-refractivity contribution is -0.130. The van der Waals surface area contributed by atoms with Gasteiger partial charge in [-0.15, -0.1) is 0 Å². The Balaban J connectivity index is 3.95. The van der Waals surface area contributed by atoms with Crippen molar-refractivity contribution in [3.05, 3.63) is 0 Å². The second-order valence-electron chi connectivity index (χ2n) is 2.72. The van der Waals surface area contributed by atoms with Gasteiger partial charge in [0.2, 0.25) is 5.91 Å². The molecule has 0 fully saturated rings. The predicted molar refractivity (Wildman–Crippen MR) is 46.4 cm³/mol. The van der Waals surface area contributed by atoms with Gasteiger partial charge in [-0.3, -0.25) is 4.79 Å². The molecule has 0 radical (unpaired) electrons. The van der Waals surface area contributed by atoms with E-state index in [2.05, 4.69) is 12.6 Å². The maximum Gasteiger partial charge on any atom is 0.235 e. The van der Waals surface area contributed by atoms with Crippen LogP contribution in [0.5, 0.6) is 0 Å². The van der Waals surface area contributed by atoms with E-state index >= 15 is 0 Å². The van der Waals surface area contributed by atoms with Gasteiger partial charge >= 0.3 is 0 Å². The molecule has 0 aliphatic carbocycles. The zero-order valence-corrected chi connectivity index (χ0v) is 7.85. The Morgan fingerprint density at radius 1 is 1.40 bits per heavy atom. The molecule has 1 amide bonds. The summed E-state index contributed by atoms with van der Waals surface area (Å²) in [6.07, 6.45) is 0. The molecule has 0 heterocycles. The SMILES string of the molecule is CC(S)C(=O)N(C)C(C)C. The topological polar surface area (TPSA) is 20.3 Å². The highest BCUT2D eigenvalue weighted by Gasteiger charge is 2.15. The molecule has 1 unspecified atom stereocenters. The molecule has 10 heavy (non-hydrogen) atoms. The van der Waals surface area contributed by atoms with Gasteiger partial charge in [0, 0.05) is 13.1 Å². The Morgan fingerprint density at radius 2 is 1.80 bits per heavy atom. The van der Waals surface area contributed by atoms with Crippen molar-refractivity contribution in [2.75, 3.05) is 7.05 Å². The standard InChI is InChI=1S/C7H15NOS/c1-5(2)8(4)7(9)6(3)10/h5-6,10H,1-4H3. The molecule has 0 N–H and O–H groups in total. The Labute approximate surface area is 68.0 Å². The number of carbonyl (C=O) groups is 1. The van der Waals surface area contributed by atoms with Gasteiger partial charge in [-0.2, -0.15) is 12.6 Å². The average Bonchev–Trinajstić information content (AvgIpc) is 1.84. The van der Waals surface area contributed by atoms with Gasteiger partial charge in [0.15, 0.2) is 0 Å². The van der Waals surface area contributed by atoms with E-state index in [1.165, 1.54) is 0 Å². The summed E-state index contributed by atoms with van der Waals surface area (Å²) in [5.74, 6) is 0.0818. The van der Waals surface area contributed by atoms with Gasteiger partial charge in [-0.05, 0) is 20.8 Å². The van der Waals surface area contributed by atoms with Crippen molar-refractivity contribution in [1.29, 1.82) is 0 Å². The van der Waals surface area contributed by atoms with Crippen LogP contribution < -0.4 is 0 Å². The van der Waals surface area contributed by atoms with E-state index in [-0.39, 0.29) is 17.2 Å². The minimum Gasteiger partial charge on any atom is -0.342 e. The fourth-order valence-electron chi connectivity index (χ4n) is 0.549. The molecule has 0 rings (SSSR count).